The minimum atomic E-state index is 0.452. The zero-order valence-corrected chi connectivity index (χ0v) is 12.3. The summed E-state index contributed by atoms with van der Waals surface area (Å²) in [5.41, 5.74) is 1.22. The van der Waals surface area contributed by atoms with Gasteiger partial charge in [0.2, 0.25) is 0 Å². The number of halogens is 1. The summed E-state index contributed by atoms with van der Waals surface area (Å²) in [5.74, 6) is 0.893. The fourth-order valence-corrected chi connectivity index (χ4v) is 1.92. The molecule has 1 unspecified atom stereocenters. The van der Waals surface area contributed by atoms with Crippen molar-refractivity contribution >= 4 is 15.9 Å². The summed E-state index contributed by atoms with van der Waals surface area (Å²) in [6, 6.07) is 6.48. The van der Waals surface area contributed by atoms with E-state index in [1.165, 1.54) is 5.56 Å². The van der Waals surface area contributed by atoms with Crippen LogP contribution in [0, 0.1) is 0 Å². The zero-order valence-electron chi connectivity index (χ0n) is 10.7. The molecule has 0 radical (unpaired) electrons. The van der Waals surface area contributed by atoms with Gasteiger partial charge in [0.05, 0.1) is 7.11 Å². The van der Waals surface area contributed by atoms with Crippen molar-refractivity contribution in [2.75, 3.05) is 20.2 Å². The standard InChI is InChI=1S/C13H21BrN2O/c1-4-15-8-10(2)16-9-11-7-12(17-3)5-6-13(11)14/h5-7,10,15-16H,4,8-9H2,1-3H3. The molecule has 0 saturated carbocycles. The Balaban J connectivity index is 2.50. The molecule has 0 aliphatic rings. The second-order valence-electron chi connectivity index (χ2n) is 4.05. The smallest absolute Gasteiger partial charge is 0.119 e. The first-order valence-electron chi connectivity index (χ1n) is 5.93. The quantitative estimate of drug-likeness (QED) is 0.812. The monoisotopic (exact) mass is 300 g/mol. The third-order valence-corrected chi connectivity index (χ3v) is 3.37. The molecule has 0 saturated heterocycles. The van der Waals surface area contributed by atoms with E-state index >= 15 is 0 Å². The lowest BCUT2D eigenvalue weighted by atomic mass is 10.2. The summed E-state index contributed by atoms with van der Waals surface area (Å²) in [4.78, 5) is 0. The molecule has 3 nitrogen and oxygen atoms in total. The Labute approximate surface area is 112 Å². The minimum Gasteiger partial charge on any atom is -0.497 e. The van der Waals surface area contributed by atoms with Gasteiger partial charge in [-0.25, -0.2) is 0 Å². The van der Waals surface area contributed by atoms with Gasteiger partial charge in [0.25, 0.3) is 0 Å². The van der Waals surface area contributed by atoms with E-state index in [0.29, 0.717) is 6.04 Å². The van der Waals surface area contributed by atoms with Gasteiger partial charge in [0, 0.05) is 23.6 Å². The van der Waals surface area contributed by atoms with Crippen molar-refractivity contribution in [2.45, 2.75) is 26.4 Å². The van der Waals surface area contributed by atoms with Gasteiger partial charge in [-0.3, -0.25) is 0 Å². The molecule has 1 atom stereocenters. The molecular formula is C13H21BrN2O. The van der Waals surface area contributed by atoms with E-state index in [0.717, 1.165) is 29.9 Å². The van der Waals surface area contributed by atoms with Crippen LogP contribution in [-0.2, 0) is 6.54 Å². The summed E-state index contributed by atoms with van der Waals surface area (Å²) >= 11 is 3.55. The maximum Gasteiger partial charge on any atom is 0.119 e. The first-order chi connectivity index (χ1) is 8.17. The second kappa shape index (κ2) is 7.69. The van der Waals surface area contributed by atoms with Gasteiger partial charge < -0.3 is 15.4 Å². The second-order valence-corrected chi connectivity index (χ2v) is 4.90. The number of nitrogens with one attached hydrogen (secondary N) is 2. The fraction of sp³-hybridized carbons (Fsp3) is 0.538. The van der Waals surface area contributed by atoms with Crippen LogP contribution in [0.2, 0.25) is 0 Å². The van der Waals surface area contributed by atoms with E-state index in [9.17, 15) is 0 Å². The van der Waals surface area contributed by atoms with Crippen LogP contribution in [0.3, 0.4) is 0 Å². The molecule has 0 spiro atoms. The number of benzene rings is 1. The van der Waals surface area contributed by atoms with Crippen molar-refractivity contribution in [1.29, 1.82) is 0 Å². The highest BCUT2D eigenvalue weighted by molar-refractivity contribution is 9.10. The van der Waals surface area contributed by atoms with Gasteiger partial charge in [0.1, 0.15) is 5.75 Å². The van der Waals surface area contributed by atoms with Gasteiger partial charge in [-0.05, 0) is 37.2 Å². The molecular weight excluding hydrogens is 280 g/mol. The Morgan fingerprint density at radius 1 is 1.41 bits per heavy atom. The molecule has 1 aromatic carbocycles. The number of likely N-dealkylation sites (N-methyl/N-ethyl adjacent to an activating group) is 1. The van der Waals surface area contributed by atoms with E-state index in [2.05, 4.69) is 46.5 Å². The van der Waals surface area contributed by atoms with Gasteiger partial charge in [-0.2, -0.15) is 0 Å². The molecule has 0 bridgehead atoms. The number of rotatable bonds is 7. The zero-order chi connectivity index (χ0) is 12.7. The predicted octanol–water partition coefficient (Wildman–Crippen LogP) is 2.55. The first-order valence-corrected chi connectivity index (χ1v) is 6.73. The Morgan fingerprint density at radius 3 is 2.82 bits per heavy atom. The van der Waals surface area contributed by atoms with Gasteiger partial charge in [-0.1, -0.05) is 22.9 Å². The fourth-order valence-electron chi connectivity index (χ4n) is 1.53. The van der Waals surface area contributed by atoms with E-state index < -0.39 is 0 Å². The highest BCUT2D eigenvalue weighted by atomic mass is 79.9. The summed E-state index contributed by atoms with van der Waals surface area (Å²) < 4.78 is 6.33. The number of hydrogen-bond acceptors (Lipinski definition) is 3. The van der Waals surface area contributed by atoms with Crippen molar-refractivity contribution < 1.29 is 4.74 Å². The lowest BCUT2D eigenvalue weighted by molar-refractivity contribution is 0.413. The molecule has 0 amide bonds. The predicted molar refractivity (Wildman–Crippen MR) is 75.5 cm³/mol. The topological polar surface area (TPSA) is 33.3 Å². The Kier molecular flexibility index (Phi) is 6.55. The van der Waals surface area contributed by atoms with Crippen LogP contribution in [0.25, 0.3) is 0 Å². The van der Waals surface area contributed by atoms with E-state index in [1.807, 2.05) is 12.1 Å². The maximum atomic E-state index is 5.22. The van der Waals surface area contributed by atoms with Crippen LogP contribution < -0.4 is 15.4 Å². The average Bonchev–Trinajstić information content (AvgIpc) is 2.35. The van der Waals surface area contributed by atoms with Crippen LogP contribution in [0.15, 0.2) is 22.7 Å². The van der Waals surface area contributed by atoms with Gasteiger partial charge in [-0.15, -0.1) is 0 Å². The van der Waals surface area contributed by atoms with Crippen molar-refractivity contribution in [3.63, 3.8) is 0 Å². The largest absolute Gasteiger partial charge is 0.497 e. The highest BCUT2D eigenvalue weighted by Gasteiger charge is 2.04. The summed E-state index contributed by atoms with van der Waals surface area (Å²) in [6.45, 7) is 7.12. The molecule has 1 rings (SSSR count). The van der Waals surface area contributed by atoms with E-state index in [1.54, 1.807) is 7.11 Å². The van der Waals surface area contributed by atoms with Crippen molar-refractivity contribution in [2.24, 2.45) is 0 Å². The lowest BCUT2D eigenvalue weighted by Crippen LogP contribution is -2.35. The third kappa shape index (κ3) is 5.06. The molecule has 0 aromatic heterocycles. The SMILES string of the molecule is CCNCC(C)NCc1cc(OC)ccc1Br. The Morgan fingerprint density at radius 2 is 2.18 bits per heavy atom. The minimum absolute atomic E-state index is 0.452. The lowest BCUT2D eigenvalue weighted by Gasteiger charge is -2.15. The highest BCUT2D eigenvalue weighted by Crippen LogP contribution is 2.22. The third-order valence-electron chi connectivity index (χ3n) is 2.59. The first kappa shape index (κ1) is 14.5. The molecule has 1 aromatic rings. The van der Waals surface area contributed by atoms with Gasteiger partial charge >= 0.3 is 0 Å². The van der Waals surface area contributed by atoms with Crippen LogP contribution in [0.4, 0.5) is 0 Å². The summed E-state index contributed by atoms with van der Waals surface area (Å²) in [6.07, 6.45) is 0. The molecule has 0 fully saturated rings. The average molecular weight is 301 g/mol. The van der Waals surface area contributed by atoms with Crippen LogP contribution in [0.5, 0.6) is 5.75 Å². The van der Waals surface area contributed by atoms with Crippen LogP contribution >= 0.6 is 15.9 Å². The Hall–Kier alpha value is -0.580. The van der Waals surface area contributed by atoms with Crippen molar-refractivity contribution in [1.82, 2.24) is 10.6 Å². The van der Waals surface area contributed by atoms with E-state index in [-0.39, 0.29) is 0 Å². The maximum absolute atomic E-state index is 5.22. The molecule has 0 aliphatic heterocycles. The summed E-state index contributed by atoms with van der Waals surface area (Å²) in [5, 5.41) is 6.80. The molecule has 17 heavy (non-hydrogen) atoms. The number of methoxy groups -OCH3 is 1. The van der Waals surface area contributed by atoms with Gasteiger partial charge in [0.15, 0.2) is 0 Å². The molecule has 0 heterocycles. The molecule has 0 aliphatic carbocycles. The normalized spacial score (nSPS) is 12.5. The van der Waals surface area contributed by atoms with Crippen LogP contribution in [-0.4, -0.2) is 26.2 Å². The van der Waals surface area contributed by atoms with Crippen LogP contribution in [0.1, 0.15) is 19.4 Å². The number of hydrogen-bond donors (Lipinski definition) is 2. The molecule has 4 heteroatoms. The van der Waals surface area contributed by atoms with Crippen molar-refractivity contribution in [3.05, 3.63) is 28.2 Å². The summed E-state index contributed by atoms with van der Waals surface area (Å²) in [7, 11) is 1.69. The number of ether oxygens (including phenoxy) is 1. The van der Waals surface area contributed by atoms with E-state index in [4.69, 9.17) is 4.74 Å². The van der Waals surface area contributed by atoms with Crippen molar-refractivity contribution in [3.8, 4) is 5.75 Å². The Bertz CT molecular complexity index is 344. The molecule has 2 N–H and O–H groups in total. The molecule has 96 valence electrons.